The number of nitrogens with zero attached hydrogens (tertiary/aromatic N) is 2. The Balaban J connectivity index is 1.84. The molecule has 2 aromatic rings. The van der Waals surface area contributed by atoms with Crippen LogP contribution in [-0.2, 0) is 11.3 Å². The number of hydrogen-bond acceptors (Lipinski definition) is 4. The third-order valence-corrected chi connectivity index (χ3v) is 4.03. The first-order chi connectivity index (χ1) is 10.6. The molecule has 116 valence electrons. The minimum absolute atomic E-state index is 0.0184. The zero-order valence-electron chi connectivity index (χ0n) is 12.1. The van der Waals surface area contributed by atoms with Crippen LogP contribution in [0.1, 0.15) is 12.8 Å². The van der Waals surface area contributed by atoms with Crippen molar-refractivity contribution in [1.29, 1.82) is 0 Å². The Morgan fingerprint density at radius 1 is 1.32 bits per heavy atom. The van der Waals surface area contributed by atoms with Crippen molar-refractivity contribution in [2.75, 3.05) is 13.1 Å². The van der Waals surface area contributed by atoms with Gasteiger partial charge in [0.25, 0.3) is 5.56 Å². The fourth-order valence-electron chi connectivity index (χ4n) is 2.84. The van der Waals surface area contributed by atoms with Gasteiger partial charge in [-0.3, -0.25) is 19.1 Å². The number of benzene rings is 1. The van der Waals surface area contributed by atoms with Crippen molar-refractivity contribution in [3.8, 4) is 0 Å². The molecule has 0 saturated carbocycles. The molecule has 0 spiro atoms. The molecule has 1 aromatic heterocycles. The molecule has 7 heteroatoms. The van der Waals surface area contributed by atoms with E-state index in [1.54, 1.807) is 29.2 Å². The lowest BCUT2D eigenvalue weighted by Crippen LogP contribution is -2.35. The SMILES string of the molecule is N[C@@H]1CCN(C(=O)CCn2c(=O)[nH]c(=O)c3ccccc32)C1. The number of carbonyl (C=O) groups excluding carboxylic acids is 1. The summed E-state index contributed by atoms with van der Waals surface area (Å²) < 4.78 is 1.44. The van der Waals surface area contributed by atoms with Gasteiger partial charge in [-0.15, -0.1) is 0 Å². The fourth-order valence-corrected chi connectivity index (χ4v) is 2.84. The first kappa shape index (κ1) is 14.5. The lowest BCUT2D eigenvalue weighted by Gasteiger charge is -2.16. The van der Waals surface area contributed by atoms with Gasteiger partial charge in [-0.25, -0.2) is 4.79 Å². The van der Waals surface area contributed by atoms with Gasteiger partial charge in [0.1, 0.15) is 0 Å². The normalized spacial score (nSPS) is 18.0. The quantitative estimate of drug-likeness (QED) is 0.808. The van der Waals surface area contributed by atoms with Crippen LogP contribution < -0.4 is 17.0 Å². The van der Waals surface area contributed by atoms with Crippen LogP contribution in [0, 0.1) is 0 Å². The van der Waals surface area contributed by atoms with Gasteiger partial charge in [-0.05, 0) is 18.6 Å². The number of carbonyl (C=O) groups is 1. The van der Waals surface area contributed by atoms with Gasteiger partial charge >= 0.3 is 5.69 Å². The number of aryl methyl sites for hydroxylation is 1. The van der Waals surface area contributed by atoms with Crippen LogP contribution in [0.4, 0.5) is 0 Å². The highest BCUT2D eigenvalue weighted by Crippen LogP contribution is 2.11. The van der Waals surface area contributed by atoms with Gasteiger partial charge in [0, 0.05) is 32.1 Å². The zero-order chi connectivity index (χ0) is 15.7. The van der Waals surface area contributed by atoms with E-state index in [4.69, 9.17) is 5.73 Å². The summed E-state index contributed by atoms with van der Waals surface area (Å²) in [5, 5.41) is 0.442. The highest BCUT2D eigenvalue weighted by molar-refractivity contribution is 5.79. The minimum atomic E-state index is -0.491. The van der Waals surface area contributed by atoms with Gasteiger partial charge in [0.05, 0.1) is 10.9 Å². The maximum absolute atomic E-state index is 12.2. The second kappa shape index (κ2) is 5.76. The maximum atomic E-state index is 12.2. The molecule has 1 fully saturated rings. The van der Waals surface area contributed by atoms with E-state index >= 15 is 0 Å². The van der Waals surface area contributed by atoms with E-state index in [1.165, 1.54) is 4.57 Å². The molecule has 1 saturated heterocycles. The molecule has 1 atom stereocenters. The molecule has 1 amide bonds. The average molecular weight is 302 g/mol. The number of para-hydroxylation sites is 1. The van der Waals surface area contributed by atoms with Crippen molar-refractivity contribution in [2.24, 2.45) is 5.73 Å². The summed E-state index contributed by atoms with van der Waals surface area (Å²) in [5.74, 6) is -0.0184. The summed E-state index contributed by atoms with van der Waals surface area (Å²) >= 11 is 0. The van der Waals surface area contributed by atoms with Crippen LogP contribution in [0.5, 0.6) is 0 Å². The molecule has 0 radical (unpaired) electrons. The molecule has 0 aliphatic carbocycles. The number of aromatic nitrogens is 2. The Kier molecular flexibility index (Phi) is 3.81. The summed E-state index contributed by atoms with van der Waals surface area (Å²) in [6.07, 6.45) is 1.02. The monoisotopic (exact) mass is 302 g/mol. The van der Waals surface area contributed by atoms with E-state index in [-0.39, 0.29) is 24.9 Å². The van der Waals surface area contributed by atoms with Gasteiger partial charge in [0.15, 0.2) is 0 Å². The largest absolute Gasteiger partial charge is 0.341 e. The number of likely N-dealkylation sites (tertiary alicyclic amines) is 1. The number of rotatable bonds is 3. The van der Waals surface area contributed by atoms with Gasteiger partial charge in [-0.1, -0.05) is 12.1 Å². The molecule has 0 bridgehead atoms. The minimum Gasteiger partial charge on any atom is -0.341 e. The van der Waals surface area contributed by atoms with Gasteiger partial charge in [0.2, 0.25) is 5.91 Å². The number of aromatic amines is 1. The fraction of sp³-hybridized carbons (Fsp3) is 0.400. The van der Waals surface area contributed by atoms with E-state index in [0.29, 0.717) is 24.0 Å². The van der Waals surface area contributed by atoms with Crippen LogP contribution in [0.15, 0.2) is 33.9 Å². The summed E-state index contributed by atoms with van der Waals surface area (Å²) in [6, 6.07) is 6.91. The van der Waals surface area contributed by atoms with E-state index in [0.717, 1.165) is 6.42 Å². The standard InChI is InChI=1S/C15H18N4O3/c16-10-5-7-18(9-10)13(20)6-8-19-12-4-2-1-3-11(12)14(21)17-15(19)22/h1-4,10H,5-9,16H2,(H,17,21,22)/t10-/m1/s1. The third-order valence-electron chi connectivity index (χ3n) is 4.03. The molecule has 3 rings (SSSR count). The number of nitrogens with one attached hydrogen (secondary N) is 1. The first-order valence-corrected chi connectivity index (χ1v) is 7.31. The lowest BCUT2D eigenvalue weighted by molar-refractivity contribution is -0.130. The molecule has 2 heterocycles. The summed E-state index contributed by atoms with van der Waals surface area (Å²) in [4.78, 5) is 40.0. The molecule has 3 N–H and O–H groups in total. The van der Waals surface area contributed by atoms with Crippen molar-refractivity contribution >= 4 is 16.8 Å². The van der Waals surface area contributed by atoms with Crippen LogP contribution in [0.2, 0.25) is 0 Å². The highest BCUT2D eigenvalue weighted by Gasteiger charge is 2.23. The van der Waals surface area contributed by atoms with Gasteiger partial charge < -0.3 is 10.6 Å². The lowest BCUT2D eigenvalue weighted by atomic mass is 10.2. The van der Waals surface area contributed by atoms with Crippen LogP contribution >= 0.6 is 0 Å². The Hall–Kier alpha value is -2.41. The van der Waals surface area contributed by atoms with Crippen LogP contribution in [0.3, 0.4) is 0 Å². The van der Waals surface area contributed by atoms with Gasteiger partial charge in [-0.2, -0.15) is 0 Å². The predicted molar refractivity (Wildman–Crippen MR) is 82.6 cm³/mol. The second-order valence-electron chi connectivity index (χ2n) is 5.57. The molecule has 1 aliphatic rings. The third kappa shape index (κ3) is 2.67. The number of fused-ring (bicyclic) bond motifs is 1. The first-order valence-electron chi connectivity index (χ1n) is 7.31. The van der Waals surface area contributed by atoms with E-state index < -0.39 is 11.2 Å². The summed E-state index contributed by atoms with van der Waals surface area (Å²) in [6.45, 7) is 1.47. The van der Waals surface area contributed by atoms with Crippen molar-refractivity contribution in [3.63, 3.8) is 0 Å². The summed E-state index contributed by atoms with van der Waals surface area (Å²) in [5.41, 5.74) is 5.44. The molecule has 1 aromatic carbocycles. The Morgan fingerprint density at radius 2 is 2.09 bits per heavy atom. The zero-order valence-corrected chi connectivity index (χ0v) is 12.1. The predicted octanol–water partition coefficient (Wildman–Crippen LogP) is -0.361. The second-order valence-corrected chi connectivity index (χ2v) is 5.57. The Bertz CT molecular complexity index is 823. The summed E-state index contributed by atoms with van der Waals surface area (Å²) in [7, 11) is 0. The molecular weight excluding hydrogens is 284 g/mol. The smallest absolute Gasteiger partial charge is 0.328 e. The van der Waals surface area contributed by atoms with Crippen molar-refractivity contribution in [2.45, 2.75) is 25.4 Å². The average Bonchev–Trinajstić information content (AvgIpc) is 2.93. The molecule has 0 unspecified atom stereocenters. The van der Waals surface area contributed by atoms with E-state index in [9.17, 15) is 14.4 Å². The van der Waals surface area contributed by atoms with Crippen LogP contribution in [0.25, 0.3) is 10.9 Å². The van der Waals surface area contributed by atoms with E-state index in [2.05, 4.69) is 4.98 Å². The number of hydrogen-bond donors (Lipinski definition) is 2. The van der Waals surface area contributed by atoms with Crippen LogP contribution in [-0.4, -0.2) is 39.5 Å². The topological polar surface area (TPSA) is 101 Å². The molecule has 22 heavy (non-hydrogen) atoms. The molecular formula is C15H18N4O3. The number of H-pyrrole nitrogens is 1. The van der Waals surface area contributed by atoms with Crippen molar-refractivity contribution < 1.29 is 4.79 Å². The highest BCUT2D eigenvalue weighted by atomic mass is 16.2. The van der Waals surface area contributed by atoms with E-state index in [1.807, 2.05) is 0 Å². The number of nitrogens with two attached hydrogens (primary N) is 1. The maximum Gasteiger partial charge on any atom is 0.328 e. The Labute approximate surface area is 126 Å². The van der Waals surface area contributed by atoms with Crippen molar-refractivity contribution in [1.82, 2.24) is 14.5 Å². The number of amides is 1. The van der Waals surface area contributed by atoms with Crippen molar-refractivity contribution in [3.05, 3.63) is 45.1 Å². The molecule has 7 nitrogen and oxygen atoms in total. The molecule has 1 aliphatic heterocycles. The Morgan fingerprint density at radius 3 is 2.82 bits per heavy atom.